The largest absolute Gasteiger partial charge is 0.494 e. The van der Waals surface area contributed by atoms with Gasteiger partial charge in [-0.1, -0.05) is 63.8 Å². The van der Waals surface area contributed by atoms with Crippen LogP contribution < -0.4 is 24.8 Å². The van der Waals surface area contributed by atoms with Gasteiger partial charge in [-0.25, -0.2) is 18.4 Å². The molecule has 4 aromatic rings. The number of benzene rings is 3. The number of rotatable bonds is 24. The molecule has 15 nitrogen and oxygen atoms in total. The lowest BCUT2D eigenvalue weighted by molar-refractivity contribution is -0.136. The van der Waals surface area contributed by atoms with Crippen LogP contribution in [0.2, 0.25) is 0 Å². The molecule has 0 radical (unpaired) electrons. The maximum Gasteiger partial charge on any atom is 0.262 e. The number of carbonyl (C=O) groups excluding carboxylic acids is 4. The van der Waals surface area contributed by atoms with Gasteiger partial charge in [0.05, 0.1) is 24.0 Å². The summed E-state index contributed by atoms with van der Waals surface area (Å²) in [6, 6.07) is 20.4. The minimum Gasteiger partial charge on any atom is -0.494 e. The molecule has 16 heteroatoms. The van der Waals surface area contributed by atoms with Crippen molar-refractivity contribution >= 4 is 45.3 Å². The Balaban J connectivity index is 0.771. The molecule has 6 rings (SSSR count). The molecule has 3 heterocycles. The molecule has 1 saturated heterocycles. The highest BCUT2D eigenvalue weighted by Gasteiger charge is 2.44. The summed E-state index contributed by atoms with van der Waals surface area (Å²) in [4.78, 5) is 58.7. The minimum absolute atomic E-state index is 0.0183. The van der Waals surface area contributed by atoms with Crippen LogP contribution in [-0.4, -0.2) is 85.6 Å². The third-order valence-electron chi connectivity index (χ3n) is 11.0. The van der Waals surface area contributed by atoms with E-state index < -0.39 is 39.7 Å². The lowest BCUT2D eigenvalue weighted by atomic mass is 9.78. The lowest BCUT2D eigenvalue weighted by Crippen LogP contribution is -2.54. The van der Waals surface area contributed by atoms with Crippen molar-refractivity contribution in [3.8, 4) is 11.5 Å². The van der Waals surface area contributed by atoms with Crippen molar-refractivity contribution in [2.24, 2.45) is 0 Å². The Morgan fingerprint density at radius 1 is 0.742 bits per heavy atom. The Morgan fingerprint density at radius 3 is 1.95 bits per heavy atom. The molecule has 330 valence electrons. The molecule has 4 amide bonds. The van der Waals surface area contributed by atoms with Gasteiger partial charge in [0.2, 0.25) is 27.8 Å². The normalized spacial score (nSPS) is 15.3. The average Bonchev–Trinajstić information content (AvgIpc) is 3.49. The second kappa shape index (κ2) is 21.3. The van der Waals surface area contributed by atoms with Crippen molar-refractivity contribution < 1.29 is 41.8 Å². The molecular weight excluding hydrogens is 813 g/mol. The molecule has 2 aliphatic rings. The number of anilines is 2. The number of piperidine rings is 1. The number of imide groups is 2. The van der Waals surface area contributed by atoms with Crippen LogP contribution in [-0.2, 0) is 36.4 Å². The summed E-state index contributed by atoms with van der Waals surface area (Å²) >= 11 is 0. The number of hydrogen-bond donors (Lipinski definition) is 3. The summed E-state index contributed by atoms with van der Waals surface area (Å²) in [5.74, 6) is -0.447. The smallest absolute Gasteiger partial charge is 0.262 e. The van der Waals surface area contributed by atoms with Gasteiger partial charge in [-0.2, -0.15) is 0 Å². The van der Waals surface area contributed by atoms with Crippen molar-refractivity contribution in [1.29, 1.82) is 0 Å². The van der Waals surface area contributed by atoms with E-state index in [1.807, 2.05) is 24.3 Å². The fourth-order valence-electron chi connectivity index (χ4n) is 7.37. The van der Waals surface area contributed by atoms with Crippen molar-refractivity contribution in [2.75, 3.05) is 42.7 Å². The molecule has 1 unspecified atom stereocenters. The molecule has 0 bridgehead atoms. The second-order valence-corrected chi connectivity index (χ2v) is 17.9. The molecule has 0 aliphatic carbocycles. The molecule has 0 saturated carbocycles. The zero-order valence-corrected chi connectivity index (χ0v) is 36.4. The van der Waals surface area contributed by atoms with Gasteiger partial charge in [0.1, 0.15) is 24.1 Å². The molecule has 62 heavy (non-hydrogen) atoms. The molecule has 2 aliphatic heterocycles. The monoisotopic (exact) mass is 868 g/mol. The number of ether oxygens (including phenoxy) is 3. The highest BCUT2D eigenvalue weighted by molar-refractivity contribution is 7.92. The number of carbonyl (C=O) groups is 4. The fourth-order valence-corrected chi connectivity index (χ4v) is 7.80. The van der Waals surface area contributed by atoms with E-state index in [9.17, 15) is 27.6 Å². The van der Waals surface area contributed by atoms with E-state index in [1.165, 1.54) is 24.4 Å². The van der Waals surface area contributed by atoms with Crippen molar-refractivity contribution in [3.05, 3.63) is 107 Å². The maximum absolute atomic E-state index is 13.0. The first kappa shape index (κ1) is 45.7. The summed E-state index contributed by atoms with van der Waals surface area (Å²) in [5, 5.41) is 5.52. The Bertz CT molecular complexity index is 2290. The van der Waals surface area contributed by atoms with Crippen LogP contribution in [0.4, 0.5) is 11.6 Å². The van der Waals surface area contributed by atoms with E-state index in [2.05, 4.69) is 63.4 Å². The van der Waals surface area contributed by atoms with Crippen LogP contribution in [0.15, 0.2) is 79.1 Å². The topological polar surface area (TPSA) is 195 Å². The number of nitrogens with zero attached hydrogens (tertiary/aromatic N) is 3. The molecule has 3 aromatic carbocycles. The highest BCUT2D eigenvalue weighted by Crippen LogP contribution is 2.34. The summed E-state index contributed by atoms with van der Waals surface area (Å²) in [7, 11) is -3.44. The summed E-state index contributed by atoms with van der Waals surface area (Å²) < 4.78 is 42.7. The van der Waals surface area contributed by atoms with Crippen molar-refractivity contribution in [1.82, 2.24) is 20.2 Å². The number of aromatic nitrogens is 2. The van der Waals surface area contributed by atoms with Gasteiger partial charge in [0.15, 0.2) is 0 Å². The number of nitrogens with one attached hydrogen (secondary N) is 3. The number of fused-ring (bicyclic) bond motifs is 1. The molecule has 0 spiro atoms. The van der Waals surface area contributed by atoms with Gasteiger partial charge in [-0.3, -0.25) is 34.1 Å². The Kier molecular flexibility index (Phi) is 15.7. The van der Waals surface area contributed by atoms with E-state index >= 15 is 0 Å². The number of hydrogen-bond acceptors (Lipinski definition) is 12. The minimum atomic E-state index is -3.44. The van der Waals surface area contributed by atoms with Crippen LogP contribution in [0, 0.1) is 0 Å². The van der Waals surface area contributed by atoms with Crippen LogP contribution >= 0.6 is 0 Å². The van der Waals surface area contributed by atoms with Crippen LogP contribution in [0.5, 0.6) is 11.5 Å². The predicted molar refractivity (Wildman–Crippen MR) is 235 cm³/mol. The van der Waals surface area contributed by atoms with Gasteiger partial charge in [-0.05, 0) is 85.7 Å². The van der Waals surface area contributed by atoms with Crippen LogP contribution in [0.3, 0.4) is 0 Å². The zero-order valence-electron chi connectivity index (χ0n) is 35.6. The van der Waals surface area contributed by atoms with Gasteiger partial charge in [0.25, 0.3) is 11.8 Å². The first-order valence-electron chi connectivity index (χ1n) is 21.2. The van der Waals surface area contributed by atoms with Crippen molar-refractivity contribution in [3.63, 3.8) is 0 Å². The first-order chi connectivity index (χ1) is 29.8. The van der Waals surface area contributed by atoms with Crippen molar-refractivity contribution in [2.45, 2.75) is 96.1 Å². The van der Waals surface area contributed by atoms with Crippen LogP contribution in [0.25, 0.3) is 0 Å². The summed E-state index contributed by atoms with van der Waals surface area (Å²) in [5.41, 5.74) is 4.07. The maximum atomic E-state index is 13.0. The van der Waals surface area contributed by atoms with E-state index in [4.69, 9.17) is 14.2 Å². The van der Waals surface area contributed by atoms with E-state index in [1.54, 1.807) is 18.2 Å². The summed E-state index contributed by atoms with van der Waals surface area (Å²) in [6.45, 7) is 7.43. The quantitative estimate of drug-likeness (QED) is 0.0494. The third kappa shape index (κ3) is 12.6. The highest BCUT2D eigenvalue weighted by atomic mass is 32.2. The molecule has 1 fully saturated rings. The molecule has 1 aromatic heterocycles. The molecule has 1 atom stereocenters. The molecular formula is C46H56N6O9S. The third-order valence-corrected chi connectivity index (χ3v) is 11.5. The number of sulfonamides is 1. The Morgan fingerprint density at radius 2 is 1.32 bits per heavy atom. The fraction of sp³-hybridized carbons (Fsp3) is 0.435. The SMILES string of the molecule is CC(C)(c1ccc(OCCCCCCCCOCCCCNc2ccc3c(c2)C(=O)N(C2CCC(=O)NC2=O)C3=O)cc1)c1ccc(OCc2cnc(NS(C)(=O)=O)nc2)cc1. The summed E-state index contributed by atoms with van der Waals surface area (Å²) in [6.07, 6.45) is 12.7. The first-order valence-corrected chi connectivity index (χ1v) is 23.1. The number of unbranched alkanes of at least 4 members (excludes halogenated alkanes) is 6. The van der Waals surface area contributed by atoms with Crippen LogP contribution in [0.1, 0.15) is 115 Å². The lowest BCUT2D eigenvalue weighted by Gasteiger charge is -2.27. The van der Waals surface area contributed by atoms with Gasteiger partial charge < -0.3 is 19.5 Å². The van der Waals surface area contributed by atoms with Gasteiger partial charge in [0, 0.05) is 55.2 Å². The standard InChI is InChI=1S/C46H56N6O9S/c1-46(2,34-14-19-37(20-15-34)61-31-32-29-48-45(49-30-32)51-62(3,57)58)33-12-17-36(18-13-33)60-27-10-7-5-4-6-9-25-59-26-11-8-24-47-35-16-21-38-39(28-35)44(56)52(43(38)55)40-22-23-41(53)50-42(40)54/h12-21,28-30,40,47H,4-11,22-27,31H2,1-3H3,(H,48,49,51)(H,50,53,54). The van der Waals surface area contributed by atoms with E-state index in [0.717, 1.165) is 79.7 Å². The average molecular weight is 869 g/mol. The van der Waals surface area contributed by atoms with E-state index in [0.29, 0.717) is 31.1 Å². The Hall–Kier alpha value is -5.87. The van der Waals surface area contributed by atoms with Gasteiger partial charge >= 0.3 is 0 Å². The second-order valence-electron chi connectivity index (χ2n) is 16.2. The number of amides is 4. The van der Waals surface area contributed by atoms with Gasteiger partial charge in [-0.15, -0.1) is 0 Å². The molecule has 3 N–H and O–H groups in total. The van der Waals surface area contributed by atoms with E-state index in [-0.39, 0.29) is 41.9 Å². The zero-order chi connectivity index (χ0) is 44.1. The predicted octanol–water partition coefficient (Wildman–Crippen LogP) is 6.78. The Labute approximate surface area is 363 Å².